The van der Waals surface area contributed by atoms with Crippen LogP contribution in [-0.4, -0.2) is 11.6 Å². The van der Waals surface area contributed by atoms with Crippen LogP contribution in [0.4, 0.5) is 5.69 Å². The van der Waals surface area contributed by atoms with Gasteiger partial charge in [-0.25, -0.2) is 0 Å². The van der Waals surface area contributed by atoms with E-state index in [1.54, 1.807) is 11.1 Å². The van der Waals surface area contributed by atoms with E-state index in [9.17, 15) is 0 Å². The number of rotatable bonds is 2. The van der Waals surface area contributed by atoms with Gasteiger partial charge in [-0.15, -0.1) is 0 Å². The quantitative estimate of drug-likeness (QED) is 0.479. The molecule has 5 rings (SSSR count). The second kappa shape index (κ2) is 5.91. The Hall–Kier alpha value is -2.74. The van der Waals surface area contributed by atoms with E-state index in [2.05, 4.69) is 71.5 Å². The van der Waals surface area contributed by atoms with Gasteiger partial charge >= 0.3 is 0 Å². The molecule has 2 heteroatoms. The number of hydrogen-bond donors (Lipinski definition) is 1. The van der Waals surface area contributed by atoms with E-state index in [4.69, 9.17) is 0 Å². The van der Waals surface area contributed by atoms with Gasteiger partial charge in [0.05, 0.1) is 0 Å². The Bertz CT molecular complexity index is 1130. The molecule has 1 aromatic heterocycles. The Labute approximate surface area is 154 Å². The van der Waals surface area contributed by atoms with Crippen molar-refractivity contribution >= 4 is 27.5 Å². The van der Waals surface area contributed by atoms with Crippen LogP contribution in [0.15, 0.2) is 54.6 Å². The Balaban J connectivity index is 1.94. The molecule has 0 saturated heterocycles. The van der Waals surface area contributed by atoms with Crippen molar-refractivity contribution in [2.75, 3.05) is 12.4 Å². The number of fused-ring (bicyclic) bond motifs is 5. The van der Waals surface area contributed by atoms with Crippen molar-refractivity contribution in [2.24, 2.45) is 7.05 Å². The fourth-order valence-electron chi connectivity index (χ4n) is 4.78. The molecule has 0 saturated carbocycles. The fourth-order valence-corrected chi connectivity index (χ4v) is 4.78. The van der Waals surface area contributed by atoms with Gasteiger partial charge in [0, 0.05) is 47.2 Å². The smallest absolute Gasteiger partial charge is 0.0497 e. The molecule has 4 aromatic rings. The first-order chi connectivity index (χ1) is 12.8. The number of nitrogens with zero attached hydrogens (tertiary/aromatic N) is 1. The zero-order chi connectivity index (χ0) is 17.7. The fraction of sp³-hybridized carbons (Fsp3) is 0.250. The molecule has 0 atom stereocenters. The zero-order valence-electron chi connectivity index (χ0n) is 15.5. The summed E-state index contributed by atoms with van der Waals surface area (Å²) in [6, 6.07) is 20.0. The number of anilines is 1. The largest absolute Gasteiger partial charge is 0.388 e. The van der Waals surface area contributed by atoms with E-state index in [1.165, 1.54) is 64.3 Å². The van der Waals surface area contributed by atoms with Crippen molar-refractivity contribution in [3.63, 3.8) is 0 Å². The first-order valence-electron chi connectivity index (χ1n) is 9.58. The highest BCUT2D eigenvalue weighted by atomic mass is 14.9. The summed E-state index contributed by atoms with van der Waals surface area (Å²) in [5, 5.41) is 6.26. The highest BCUT2D eigenvalue weighted by Crippen LogP contribution is 2.42. The third-order valence-electron chi connectivity index (χ3n) is 6.01. The van der Waals surface area contributed by atoms with E-state index in [0.717, 1.165) is 0 Å². The molecular weight excluding hydrogens is 316 g/mol. The maximum Gasteiger partial charge on any atom is 0.0497 e. The third-order valence-corrected chi connectivity index (χ3v) is 6.01. The minimum atomic E-state index is 1.18. The summed E-state index contributed by atoms with van der Waals surface area (Å²) in [5.74, 6) is 0. The molecule has 2 nitrogen and oxygen atoms in total. The van der Waals surface area contributed by atoms with Gasteiger partial charge in [-0.1, -0.05) is 36.4 Å². The summed E-state index contributed by atoms with van der Waals surface area (Å²) in [4.78, 5) is 0. The van der Waals surface area contributed by atoms with Gasteiger partial charge in [-0.2, -0.15) is 0 Å². The van der Waals surface area contributed by atoms with Crippen LogP contribution in [-0.2, 0) is 19.9 Å². The second-order valence-electron chi connectivity index (χ2n) is 7.35. The highest BCUT2D eigenvalue weighted by molar-refractivity contribution is 6.11. The van der Waals surface area contributed by atoms with Crippen molar-refractivity contribution in [3.8, 4) is 11.1 Å². The zero-order valence-corrected chi connectivity index (χ0v) is 15.5. The monoisotopic (exact) mass is 340 g/mol. The lowest BCUT2D eigenvalue weighted by Gasteiger charge is -2.22. The molecule has 3 aromatic carbocycles. The topological polar surface area (TPSA) is 17.0 Å². The third kappa shape index (κ3) is 2.11. The second-order valence-corrected chi connectivity index (χ2v) is 7.35. The average Bonchev–Trinajstić information content (AvgIpc) is 3.00. The summed E-state index contributed by atoms with van der Waals surface area (Å²) in [6.07, 6.45) is 4.96. The van der Waals surface area contributed by atoms with Crippen LogP contribution >= 0.6 is 0 Å². The molecule has 0 amide bonds. The highest BCUT2D eigenvalue weighted by Gasteiger charge is 2.22. The van der Waals surface area contributed by atoms with Crippen LogP contribution < -0.4 is 5.32 Å². The summed E-state index contributed by atoms with van der Waals surface area (Å²) in [5.41, 5.74) is 9.75. The van der Waals surface area contributed by atoms with E-state index in [-0.39, 0.29) is 0 Å². The summed E-state index contributed by atoms with van der Waals surface area (Å²) in [7, 11) is 4.22. The van der Waals surface area contributed by atoms with Crippen molar-refractivity contribution < 1.29 is 0 Å². The molecule has 0 fully saturated rings. The minimum absolute atomic E-state index is 1.18. The molecule has 0 spiro atoms. The Morgan fingerprint density at radius 1 is 0.808 bits per heavy atom. The van der Waals surface area contributed by atoms with Crippen LogP contribution in [0.2, 0.25) is 0 Å². The standard InChI is InChI=1S/C24H24N2/c1-25-21-13-7-5-10-17(21)20-15-23-24(18-11-4-3-9-16(18)20)19-12-6-8-14-22(19)26(23)2/h5-8,10,12-15,25H,3-4,9,11H2,1-2H3. The van der Waals surface area contributed by atoms with Crippen LogP contribution in [0.1, 0.15) is 24.0 Å². The molecule has 1 heterocycles. The van der Waals surface area contributed by atoms with Gasteiger partial charge in [-0.05, 0) is 60.6 Å². The molecular formula is C24H24N2. The van der Waals surface area contributed by atoms with Gasteiger partial charge in [-0.3, -0.25) is 0 Å². The molecule has 1 N–H and O–H groups in total. The van der Waals surface area contributed by atoms with Crippen LogP contribution in [0.3, 0.4) is 0 Å². The molecule has 0 aliphatic heterocycles. The molecule has 0 radical (unpaired) electrons. The van der Waals surface area contributed by atoms with Crippen molar-refractivity contribution in [3.05, 3.63) is 65.7 Å². The van der Waals surface area contributed by atoms with Crippen LogP contribution in [0, 0.1) is 0 Å². The van der Waals surface area contributed by atoms with Gasteiger partial charge < -0.3 is 9.88 Å². The molecule has 1 aliphatic rings. The maximum atomic E-state index is 3.38. The number of aryl methyl sites for hydroxylation is 2. The van der Waals surface area contributed by atoms with E-state index < -0.39 is 0 Å². The van der Waals surface area contributed by atoms with Crippen molar-refractivity contribution in [2.45, 2.75) is 25.7 Å². The summed E-state index contributed by atoms with van der Waals surface area (Å²) in [6.45, 7) is 0. The Morgan fingerprint density at radius 3 is 2.38 bits per heavy atom. The van der Waals surface area contributed by atoms with E-state index >= 15 is 0 Å². The van der Waals surface area contributed by atoms with E-state index in [0.29, 0.717) is 0 Å². The minimum Gasteiger partial charge on any atom is -0.388 e. The number of aromatic nitrogens is 1. The molecule has 130 valence electrons. The maximum absolute atomic E-state index is 3.38. The lowest BCUT2D eigenvalue weighted by molar-refractivity contribution is 0.691. The van der Waals surface area contributed by atoms with Gasteiger partial charge in [0.2, 0.25) is 0 Å². The number of para-hydroxylation sites is 2. The van der Waals surface area contributed by atoms with E-state index in [1.807, 2.05) is 7.05 Å². The molecule has 1 aliphatic carbocycles. The normalized spacial score (nSPS) is 13.9. The van der Waals surface area contributed by atoms with Crippen molar-refractivity contribution in [1.82, 2.24) is 4.57 Å². The van der Waals surface area contributed by atoms with Crippen LogP contribution in [0.5, 0.6) is 0 Å². The molecule has 0 bridgehead atoms. The van der Waals surface area contributed by atoms with Crippen molar-refractivity contribution in [1.29, 1.82) is 0 Å². The molecule has 26 heavy (non-hydrogen) atoms. The summed E-state index contributed by atoms with van der Waals surface area (Å²) < 4.78 is 2.37. The van der Waals surface area contributed by atoms with Crippen LogP contribution in [0.25, 0.3) is 32.9 Å². The average molecular weight is 340 g/mol. The molecule has 0 unspecified atom stereocenters. The van der Waals surface area contributed by atoms with Gasteiger partial charge in [0.15, 0.2) is 0 Å². The number of benzene rings is 3. The first kappa shape index (κ1) is 15.5. The lowest BCUT2D eigenvalue weighted by atomic mass is 9.83. The Kier molecular flexibility index (Phi) is 3.53. The number of hydrogen-bond acceptors (Lipinski definition) is 1. The van der Waals surface area contributed by atoms with Gasteiger partial charge in [0.25, 0.3) is 0 Å². The predicted molar refractivity (Wildman–Crippen MR) is 112 cm³/mol. The lowest BCUT2D eigenvalue weighted by Crippen LogP contribution is -2.06. The predicted octanol–water partition coefficient (Wildman–Crippen LogP) is 5.92. The number of nitrogens with one attached hydrogen (secondary N) is 1. The van der Waals surface area contributed by atoms with Gasteiger partial charge in [0.1, 0.15) is 0 Å². The first-order valence-corrected chi connectivity index (χ1v) is 9.58. The SMILES string of the molecule is CNc1ccccc1-c1cc2c(c3c1CCCC3)c1ccccc1n2C. The Morgan fingerprint density at radius 2 is 1.54 bits per heavy atom. The summed E-state index contributed by atoms with van der Waals surface area (Å²) >= 11 is 0.